The number of halogens is 2. The number of aromatic amines is 1. The summed E-state index contributed by atoms with van der Waals surface area (Å²) in [6.45, 7) is 2.00. The molecule has 0 radical (unpaired) electrons. The van der Waals surface area contributed by atoms with Gasteiger partial charge >= 0.3 is 0 Å². The second kappa shape index (κ2) is 9.13. The molecule has 1 aromatic heterocycles. The van der Waals surface area contributed by atoms with Crippen LogP contribution in [0.25, 0.3) is 0 Å². The Labute approximate surface area is 191 Å². The molecule has 164 valence electrons. The molecule has 0 saturated carbocycles. The lowest BCUT2D eigenvalue weighted by molar-refractivity contribution is -0.123. The number of aryl methyl sites for hydroxylation is 1. The number of fused-ring (bicyclic) bond motifs is 1. The Morgan fingerprint density at radius 2 is 2.06 bits per heavy atom. The van der Waals surface area contributed by atoms with Gasteiger partial charge in [-0.3, -0.25) is 14.4 Å². The molecule has 1 atom stereocenters. The molecule has 10 heteroatoms. The van der Waals surface area contributed by atoms with Gasteiger partial charge in [0.1, 0.15) is 11.6 Å². The van der Waals surface area contributed by atoms with Crippen molar-refractivity contribution in [2.45, 2.75) is 30.2 Å². The predicted molar refractivity (Wildman–Crippen MR) is 122 cm³/mol. The fraction of sp³-hybridized carbons (Fsp3) is 0.182. The van der Waals surface area contributed by atoms with E-state index in [9.17, 15) is 18.8 Å². The zero-order valence-corrected chi connectivity index (χ0v) is 18.4. The van der Waals surface area contributed by atoms with Crippen molar-refractivity contribution < 1.29 is 14.0 Å². The van der Waals surface area contributed by atoms with E-state index in [4.69, 9.17) is 11.6 Å². The van der Waals surface area contributed by atoms with Crippen LogP contribution in [0.4, 0.5) is 15.9 Å². The fourth-order valence-electron chi connectivity index (χ4n) is 3.36. The average Bonchev–Trinajstić information content (AvgIpc) is 2.75. The number of nitrogens with zero attached hydrogens (tertiary/aromatic N) is 1. The Morgan fingerprint density at radius 3 is 2.81 bits per heavy atom. The SMILES string of the molecule is Cc1ccccc1CSc1nc2c(c(=O)[nH]1)[C@H](C(=O)Nc1ccc(F)c(Cl)c1)CC(=O)N2. The van der Waals surface area contributed by atoms with Gasteiger partial charge in [-0.05, 0) is 36.2 Å². The molecule has 0 fully saturated rings. The van der Waals surface area contributed by atoms with Crippen molar-refractivity contribution in [2.24, 2.45) is 0 Å². The Kier molecular flexibility index (Phi) is 6.29. The highest BCUT2D eigenvalue weighted by atomic mass is 35.5. The Bertz CT molecular complexity index is 1280. The molecule has 3 aromatic rings. The van der Waals surface area contributed by atoms with Crippen LogP contribution >= 0.6 is 23.4 Å². The minimum Gasteiger partial charge on any atom is -0.325 e. The second-order valence-corrected chi connectivity index (χ2v) is 8.64. The van der Waals surface area contributed by atoms with E-state index in [0.29, 0.717) is 10.9 Å². The molecule has 0 spiro atoms. The first-order valence-corrected chi connectivity index (χ1v) is 11.1. The van der Waals surface area contributed by atoms with Gasteiger partial charge in [0.05, 0.1) is 16.5 Å². The number of nitrogens with one attached hydrogen (secondary N) is 3. The summed E-state index contributed by atoms with van der Waals surface area (Å²) in [7, 11) is 0. The molecule has 2 heterocycles. The molecule has 0 saturated heterocycles. The van der Waals surface area contributed by atoms with E-state index in [2.05, 4.69) is 20.6 Å². The lowest BCUT2D eigenvalue weighted by Crippen LogP contribution is -2.36. The van der Waals surface area contributed by atoms with E-state index in [1.165, 1.54) is 23.9 Å². The van der Waals surface area contributed by atoms with Crippen LogP contribution < -0.4 is 16.2 Å². The van der Waals surface area contributed by atoms with Crippen LogP contribution in [0.15, 0.2) is 52.4 Å². The molecule has 0 bridgehead atoms. The largest absolute Gasteiger partial charge is 0.325 e. The third-order valence-corrected chi connectivity index (χ3v) is 6.27. The summed E-state index contributed by atoms with van der Waals surface area (Å²) in [5.74, 6) is -2.04. The molecular formula is C22H18ClFN4O3S. The maximum absolute atomic E-state index is 13.4. The molecule has 32 heavy (non-hydrogen) atoms. The number of benzene rings is 2. The number of amides is 2. The van der Waals surface area contributed by atoms with Gasteiger partial charge in [-0.15, -0.1) is 0 Å². The number of carbonyl (C=O) groups excluding carboxylic acids is 2. The Balaban J connectivity index is 1.58. The van der Waals surface area contributed by atoms with Crippen molar-refractivity contribution in [3.63, 3.8) is 0 Å². The first kappa shape index (κ1) is 22.0. The van der Waals surface area contributed by atoms with E-state index >= 15 is 0 Å². The van der Waals surface area contributed by atoms with Crippen LogP contribution in [-0.4, -0.2) is 21.8 Å². The van der Waals surface area contributed by atoms with Crippen molar-refractivity contribution >= 4 is 46.7 Å². The van der Waals surface area contributed by atoms with Crippen LogP contribution in [0, 0.1) is 12.7 Å². The van der Waals surface area contributed by atoms with Gasteiger partial charge in [0.2, 0.25) is 11.8 Å². The molecule has 4 rings (SSSR count). The first-order valence-electron chi connectivity index (χ1n) is 9.69. The molecule has 7 nitrogen and oxygen atoms in total. The van der Waals surface area contributed by atoms with Crippen LogP contribution in [-0.2, 0) is 15.3 Å². The predicted octanol–water partition coefficient (Wildman–Crippen LogP) is 4.23. The summed E-state index contributed by atoms with van der Waals surface area (Å²) in [6, 6.07) is 11.6. The van der Waals surface area contributed by atoms with Crippen LogP contribution in [0.2, 0.25) is 5.02 Å². The van der Waals surface area contributed by atoms with Gasteiger partial charge in [0.25, 0.3) is 5.56 Å². The molecule has 0 aliphatic carbocycles. The maximum Gasteiger partial charge on any atom is 0.257 e. The lowest BCUT2D eigenvalue weighted by atomic mass is 9.92. The minimum atomic E-state index is -1.05. The lowest BCUT2D eigenvalue weighted by Gasteiger charge is -2.23. The molecule has 1 aliphatic heterocycles. The number of hydrogen-bond acceptors (Lipinski definition) is 5. The van der Waals surface area contributed by atoms with Gasteiger partial charge in [0, 0.05) is 17.9 Å². The number of carbonyl (C=O) groups is 2. The zero-order valence-electron chi connectivity index (χ0n) is 16.9. The normalized spacial score (nSPS) is 15.1. The highest BCUT2D eigenvalue weighted by Gasteiger charge is 2.34. The zero-order chi connectivity index (χ0) is 22.8. The highest BCUT2D eigenvalue weighted by molar-refractivity contribution is 7.98. The third kappa shape index (κ3) is 4.68. The summed E-state index contributed by atoms with van der Waals surface area (Å²) in [4.78, 5) is 44.9. The summed E-state index contributed by atoms with van der Waals surface area (Å²) >= 11 is 7.08. The quantitative estimate of drug-likeness (QED) is 0.381. The molecule has 3 N–H and O–H groups in total. The molecule has 2 aromatic carbocycles. The number of rotatable bonds is 5. The Morgan fingerprint density at radius 1 is 1.28 bits per heavy atom. The standard InChI is InChI=1S/C22H18ClFN4O3S/c1-11-4-2-3-5-12(11)10-32-22-27-19-18(21(31)28-22)14(9-17(29)26-19)20(30)25-13-6-7-16(24)15(23)8-13/h2-8,14H,9-10H2,1H3,(H,25,30)(H2,26,27,28,29,31)/t14-/m1/s1. The Hall–Kier alpha value is -3.17. The number of thioether (sulfide) groups is 1. The number of H-pyrrole nitrogens is 1. The summed E-state index contributed by atoms with van der Waals surface area (Å²) in [5, 5.41) is 5.35. The van der Waals surface area contributed by atoms with Crippen molar-refractivity contribution in [3.05, 3.63) is 80.3 Å². The van der Waals surface area contributed by atoms with Gasteiger partial charge < -0.3 is 15.6 Å². The summed E-state index contributed by atoms with van der Waals surface area (Å²) in [6.07, 6.45) is -0.214. The second-order valence-electron chi connectivity index (χ2n) is 7.27. The highest BCUT2D eigenvalue weighted by Crippen LogP contribution is 2.31. The number of anilines is 2. The topological polar surface area (TPSA) is 104 Å². The van der Waals surface area contributed by atoms with Crippen LogP contribution in [0.5, 0.6) is 0 Å². The molecule has 1 aliphatic rings. The van der Waals surface area contributed by atoms with Crippen molar-refractivity contribution in [1.82, 2.24) is 9.97 Å². The smallest absolute Gasteiger partial charge is 0.257 e. The van der Waals surface area contributed by atoms with Gasteiger partial charge in [-0.25, -0.2) is 9.37 Å². The van der Waals surface area contributed by atoms with E-state index in [0.717, 1.165) is 17.2 Å². The average molecular weight is 473 g/mol. The van der Waals surface area contributed by atoms with E-state index in [-0.39, 0.29) is 28.5 Å². The van der Waals surface area contributed by atoms with E-state index < -0.39 is 29.1 Å². The molecule has 2 amide bonds. The van der Waals surface area contributed by atoms with E-state index in [1.807, 2.05) is 31.2 Å². The van der Waals surface area contributed by atoms with Crippen molar-refractivity contribution in [3.8, 4) is 0 Å². The molecule has 0 unspecified atom stereocenters. The van der Waals surface area contributed by atoms with Crippen molar-refractivity contribution in [1.29, 1.82) is 0 Å². The van der Waals surface area contributed by atoms with Gasteiger partial charge in [-0.2, -0.15) is 0 Å². The third-order valence-electron chi connectivity index (χ3n) is 5.06. The number of hydrogen-bond donors (Lipinski definition) is 3. The van der Waals surface area contributed by atoms with Crippen LogP contribution in [0.3, 0.4) is 0 Å². The number of aromatic nitrogens is 2. The monoisotopic (exact) mass is 472 g/mol. The van der Waals surface area contributed by atoms with E-state index in [1.54, 1.807) is 0 Å². The first-order chi connectivity index (χ1) is 15.3. The fourth-order valence-corrected chi connectivity index (χ4v) is 4.48. The maximum atomic E-state index is 13.4. The van der Waals surface area contributed by atoms with Gasteiger partial charge in [-0.1, -0.05) is 47.6 Å². The van der Waals surface area contributed by atoms with Crippen molar-refractivity contribution in [2.75, 3.05) is 10.6 Å². The van der Waals surface area contributed by atoms with Crippen LogP contribution in [0.1, 0.15) is 29.0 Å². The minimum absolute atomic E-state index is 0.0644. The summed E-state index contributed by atoms with van der Waals surface area (Å²) < 4.78 is 13.4. The summed E-state index contributed by atoms with van der Waals surface area (Å²) in [5.41, 5.74) is 2.04. The molecular weight excluding hydrogens is 455 g/mol. The van der Waals surface area contributed by atoms with Gasteiger partial charge in [0.15, 0.2) is 5.16 Å².